The van der Waals surface area contributed by atoms with E-state index in [9.17, 15) is 4.79 Å². The molecule has 35 heavy (non-hydrogen) atoms. The average molecular weight is 465 g/mol. The number of rotatable bonds is 2. The average Bonchev–Trinajstić information content (AvgIpc) is 3.63. The molecular formula is C27H24N6O2. The Morgan fingerprint density at radius 1 is 1.03 bits per heavy atom. The molecule has 1 aromatic carbocycles. The highest BCUT2D eigenvalue weighted by molar-refractivity contribution is 6.06. The molecule has 8 heteroatoms. The molecule has 0 unspecified atom stereocenters. The van der Waals surface area contributed by atoms with Crippen LogP contribution in [0.4, 0.5) is 5.82 Å². The number of nitrogens with one attached hydrogen (secondary N) is 1. The van der Waals surface area contributed by atoms with Gasteiger partial charge in [0.15, 0.2) is 5.82 Å². The van der Waals surface area contributed by atoms with Gasteiger partial charge in [-0.05, 0) is 55.2 Å². The number of hydrogen-bond acceptors (Lipinski definition) is 6. The van der Waals surface area contributed by atoms with Crippen LogP contribution in [0.2, 0.25) is 0 Å². The van der Waals surface area contributed by atoms with Crippen molar-refractivity contribution in [1.29, 1.82) is 0 Å². The van der Waals surface area contributed by atoms with Crippen molar-refractivity contribution in [3.63, 3.8) is 0 Å². The topological polar surface area (TPSA) is 94.8 Å². The molecule has 0 atom stereocenters. The Balaban J connectivity index is 1.35. The molecule has 2 bridgehead atoms. The Bertz CT molecular complexity index is 1410. The van der Waals surface area contributed by atoms with Crippen LogP contribution in [-0.2, 0) is 6.54 Å². The number of hydrogen-bond donors (Lipinski definition) is 1. The van der Waals surface area contributed by atoms with Crippen LogP contribution >= 0.6 is 0 Å². The third-order valence-electron chi connectivity index (χ3n) is 6.19. The predicted octanol–water partition coefficient (Wildman–Crippen LogP) is 4.87. The summed E-state index contributed by atoms with van der Waals surface area (Å²) in [5, 5.41) is 11.2. The molecule has 1 N–H and O–H groups in total. The lowest BCUT2D eigenvalue weighted by atomic mass is 10.0. The van der Waals surface area contributed by atoms with E-state index in [1.807, 2.05) is 47.2 Å². The molecule has 1 amide bonds. The fourth-order valence-electron chi connectivity index (χ4n) is 4.15. The maximum atomic E-state index is 13.4. The second kappa shape index (κ2) is 9.13. The highest BCUT2D eigenvalue weighted by Crippen LogP contribution is 2.39. The molecule has 1 fully saturated rings. The maximum absolute atomic E-state index is 13.4. The summed E-state index contributed by atoms with van der Waals surface area (Å²) in [5.41, 5.74) is 4.09. The molecule has 4 heterocycles. The SMILES string of the molecule is O=C1Nc2cccc(n2)-c2nncn2C/C=C/CCOc2ccc(-c3ccc(C4CC4)nc3)cc21. The third kappa shape index (κ3) is 4.55. The maximum Gasteiger partial charge on any atom is 0.260 e. The van der Waals surface area contributed by atoms with Crippen LogP contribution in [0.1, 0.15) is 41.2 Å². The molecule has 6 rings (SSSR count). The smallest absolute Gasteiger partial charge is 0.260 e. The first kappa shape index (κ1) is 21.2. The molecule has 1 aliphatic carbocycles. The summed E-state index contributed by atoms with van der Waals surface area (Å²) in [6.07, 6.45) is 10.8. The monoisotopic (exact) mass is 464 g/mol. The molecule has 1 aliphatic heterocycles. The van der Waals surface area contributed by atoms with Gasteiger partial charge in [0.25, 0.3) is 5.91 Å². The third-order valence-corrected chi connectivity index (χ3v) is 6.19. The summed E-state index contributed by atoms with van der Waals surface area (Å²) in [6.45, 7) is 1.07. The van der Waals surface area contributed by atoms with Crippen molar-refractivity contribution in [2.24, 2.45) is 0 Å². The van der Waals surface area contributed by atoms with Crippen molar-refractivity contribution < 1.29 is 9.53 Å². The Kier molecular flexibility index (Phi) is 5.54. The minimum Gasteiger partial charge on any atom is -0.492 e. The highest BCUT2D eigenvalue weighted by atomic mass is 16.5. The van der Waals surface area contributed by atoms with Crippen LogP contribution in [0.15, 0.2) is 73.2 Å². The number of aromatic nitrogens is 5. The van der Waals surface area contributed by atoms with Crippen LogP contribution in [0.3, 0.4) is 0 Å². The van der Waals surface area contributed by atoms with E-state index in [0.717, 1.165) is 16.8 Å². The Morgan fingerprint density at radius 2 is 1.94 bits per heavy atom. The van der Waals surface area contributed by atoms with E-state index < -0.39 is 0 Å². The first-order chi connectivity index (χ1) is 17.2. The number of anilines is 1. The van der Waals surface area contributed by atoms with Gasteiger partial charge >= 0.3 is 0 Å². The first-order valence-electron chi connectivity index (χ1n) is 11.8. The van der Waals surface area contributed by atoms with E-state index in [4.69, 9.17) is 4.74 Å². The van der Waals surface area contributed by atoms with Gasteiger partial charge in [-0.25, -0.2) is 4.98 Å². The molecule has 8 nitrogen and oxygen atoms in total. The lowest BCUT2D eigenvalue weighted by Gasteiger charge is -2.13. The Morgan fingerprint density at radius 3 is 2.80 bits per heavy atom. The molecule has 0 spiro atoms. The minimum atomic E-state index is -0.291. The van der Waals surface area contributed by atoms with Crippen molar-refractivity contribution in [2.75, 3.05) is 11.9 Å². The fourth-order valence-corrected chi connectivity index (χ4v) is 4.15. The standard InChI is InChI=1S/C27H24N6O2/c34-27-21-15-19(20-9-11-22(28-16-20)18-7-8-18)10-12-24(21)35-14-3-1-2-13-33-17-29-32-26(33)23-5-4-6-25(30-23)31-27/h1-2,4-6,9-12,15-18H,3,7-8,13-14H2,(H,30,31,34)/b2-1+. The van der Waals surface area contributed by atoms with Gasteiger partial charge in [-0.1, -0.05) is 30.4 Å². The van der Waals surface area contributed by atoms with Gasteiger partial charge in [0.1, 0.15) is 23.6 Å². The van der Waals surface area contributed by atoms with Crippen molar-refractivity contribution in [1.82, 2.24) is 24.7 Å². The van der Waals surface area contributed by atoms with E-state index in [-0.39, 0.29) is 5.91 Å². The fraction of sp³-hybridized carbons (Fsp3) is 0.222. The van der Waals surface area contributed by atoms with E-state index in [0.29, 0.717) is 54.1 Å². The summed E-state index contributed by atoms with van der Waals surface area (Å²) >= 11 is 0. The van der Waals surface area contributed by atoms with Gasteiger partial charge in [0, 0.05) is 29.9 Å². The zero-order valence-corrected chi connectivity index (χ0v) is 19.1. The summed E-state index contributed by atoms with van der Waals surface area (Å²) < 4.78 is 7.92. The number of carbonyl (C=O) groups excluding carboxylic acids is 1. The van der Waals surface area contributed by atoms with E-state index >= 15 is 0 Å². The van der Waals surface area contributed by atoms with Crippen LogP contribution < -0.4 is 10.1 Å². The van der Waals surface area contributed by atoms with Crippen molar-refractivity contribution >= 4 is 11.7 Å². The van der Waals surface area contributed by atoms with E-state index in [2.05, 4.69) is 43.7 Å². The number of amides is 1. The zero-order valence-electron chi connectivity index (χ0n) is 19.1. The number of allylic oxidation sites excluding steroid dienone is 1. The second-order valence-electron chi connectivity index (χ2n) is 8.73. The van der Waals surface area contributed by atoms with Crippen molar-refractivity contribution in [3.05, 3.63) is 84.5 Å². The molecule has 4 aromatic rings. The summed E-state index contributed by atoms with van der Waals surface area (Å²) in [7, 11) is 0. The van der Waals surface area contributed by atoms with Gasteiger partial charge in [0.05, 0.1) is 12.2 Å². The number of ether oxygens (including phenoxy) is 1. The summed E-state index contributed by atoms with van der Waals surface area (Å²) in [4.78, 5) is 22.6. The molecule has 1 saturated carbocycles. The quantitative estimate of drug-likeness (QED) is 0.425. The van der Waals surface area contributed by atoms with Crippen molar-refractivity contribution in [3.8, 4) is 28.4 Å². The van der Waals surface area contributed by atoms with Gasteiger partial charge in [-0.15, -0.1) is 10.2 Å². The van der Waals surface area contributed by atoms with E-state index in [1.54, 1.807) is 12.4 Å². The number of nitrogens with zero attached hydrogens (tertiary/aromatic N) is 5. The van der Waals surface area contributed by atoms with Gasteiger partial charge < -0.3 is 14.6 Å². The molecular weight excluding hydrogens is 440 g/mol. The van der Waals surface area contributed by atoms with Crippen LogP contribution in [0.25, 0.3) is 22.6 Å². The number of fused-ring (bicyclic) bond motifs is 5. The number of pyridine rings is 2. The van der Waals surface area contributed by atoms with E-state index in [1.165, 1.54) is 12.8 Å². The molecule has 174 valence electrons. The lowest BCUT2D eigenvalue weighted by molar-refractivity contribution is 0.102. The van der Waals surface area contributed by atoms with Crippen LogP contribution in [0, 0.1) is 0 Å². The minimum absolute atomic E-state index is 0.291. The lowest BCUT2D eigenvalue weighted by Crippen LogP contribution is -2.15. The summed E-state index contributed by atoms with van der Waals surface area (Å²) in [6, 6.07) is 15.3. The molecule has 2 aliphatic rings. The predicted molar refractivity (Wildman–Crippen MR) is 132 cm³/mol. The van der Waals surface area contributed by atoms with Gasteiger partial charge in [0.2, 0.25) is 0 Å². The largest absolute Gasteiger partial charge is 0.492 e. The Hall–Kier alpha value is -4.33. The molecule has 0 saturated heterocycles. The van der Waals surface area contributed by atoms with Crippen LogP contribution in [0.5, 0.6) is 5.75 Å². The van der Waals surface area contributed by atoms with Crippen molar-refractivity contribution in [2.45, 2.75) is 31.7 Å². The highest BCUT2D eigenvalue weighted by Gasteiger charge is 2.24. The zero-order chi connectivity index (χ0) is 23.6. The molecule has 3 aromatic heterocycles. The number of carbonyl (C=O) groups is 1. The number of benzene rings is 1. The van der Waals surface area contributed by atoms with Gasteiger partial charge in [-0.3, -0.25) is 9.78 Å². The Labute approximate surface area is 202 Å². The van der Waals surface area contributed by atoms with Crippen LogP contribution in [-0.4, -0.2) is 37.2 Å². The summed E-state index contributed by atoms with van der Waals surface area (Å²) in [5.74, 6) is 1.91. The second-order valence-corrected chi connectivity index (χ2v) is 8.73. The van der Waals surface area contributed by atoms with Gasteiger partial charge in [-0.2, -0.15) is 0 Å². The first-order valence-corrected chi connectivity index (χ1v) is 11.8. The normalized spacial score (nSPS) is 16.6. The molecule has 0 radical (unpaired) electrons.